The van der Waals surface area contributed by atoms with E-state index < -0.39 is 0 Å². The summed E-state index contributed by atoms with van der Waals surface area (Å²) in [5, 5.41) is 1.21. The first-order valence-electron chi connectivity index (χ1n) is 8.67. The lowest BCUT2D eigenvalue weighted by atomic mass is 9.97. The van der Waals surface area contributed by atoms with Crippen LogP contribution in [0.1, 0.15) is 34.4 Å². The number of aromatic nitrogens is 1. The van der Waals surface area contributed by atoms with E-state index in [9.17, 15) is 0 Å². The fourth-order valence-electron chi connectivity index (χ4n) is 3.82. The molecule has 0 radical (unpaired) electrons. The zero-order valence-corrected chi connectivity index (χ0v) is 14.7. The molecule has 2 aromatic carbocycles. The van der Waals surface area contributed by atoms with Gasteiger partial charge in [-0.15, -0.1) is 0 Å². The van der Waals surface area contributed by atoms with E-state index in [-0.39, 0.29) is 6.04 Å². The highest BCUT2D eigenvalue weighted by Crippen LogP contribution is 2.38. The molecule has 4 heteroatoms. The molecule has 0 aliphatic carbocycles. The average Bonchev–Trinajstić information content (AvgIpc) is 3.13. The van der Waals surface area contributed by atoms with E-state index in [1.807, 2.05) is 6.07 Å². The average molecular weight is 332 g/mol. The molecule has 25 heavy (non-hydrogen) atoms. The Morgan fingerprint density at radius 2 is 1.80 bits per heavy atom. The molecule has 0 amide bonds. The number of nitrogens with zero attached hydrogens (tertiary/aromatic N) is 2. The Kier molecular flexibility index (Phi) is 3.06. The summed E-state index contributed by atoms with van der Waals surface area (Å²) in [7, 11) is 2.10. The van der Waals surface area contributed by atoms with Gasteiger partial charge in [0, 0.05) is 17.4 Å². The van der Waals surface area contributed by atoms with Gasteiger partial charge in [-0.05, 0) is 50.2 Å². The van der Waals surface area contributed by atoms with Crippen molar-refractivity contribution in [2.75, 3.05) is 7.05 Å². The third-order valence-corrected chi connectivity index (χ3v) is 5.20. The first kappa shape index (κ1) is 14.7. The van der Waals surface area contributed by atoms with E-state index in [1.165, 1.54) is 22.1 Å². The van der Waals surface area contributed by atoms with Crippen molar-refractivity contribution < 1.29 is 8.83 Å². The zero-order valence-electron chi connectivity index (χ0n) is 14.7. The molecule has 0 bridgehead atoms. The van der Waals surface area contributed by atoms with E-state index in [1.54, 1.807) is 0 Å². The van der Waals surface area contributed by atoms with E-state index in [2.05, 4.69) is 56.1 Å². The van der Waals surface area contributed by atoms with Crippen molar-refractivity contribution in [3.63, 3.8) is 0 Å². The van der Waals surface area contributed by atoms with E-state index in [4.69, 9.17) is 13.8 Å². The molecule has 1 atom stereocenters. The van der Waals surface area contributed by atoms with Gasteiger partial charge in [0.1, 0.15) is 16.9 Å². The quantitative estimate of drug-likeness (QED) is 0.496. The first-order valence-corrected chi connectivity index (χ1v) is 8.67. The predicted octanol–water partition coefficient (Wildman–Crippen LogP) is 4.92. The summed E-state index contributed by atoms with van der Waals surface area (Å²) in [4.78, 5) is 7.02. The number of hydrogen-bond acceptors (Lipinski definition) is 4. The highest BCUT2D eigenvalue weighted by Gasteiger charge is 2.32. The van der Waals surface area contributed by atoms with Crippen LogP contribution in [0.25, 0.3) is 22.1 Å². The molecular formula is C21H20N2O2. The van der Waals surface area contributed by atoms with Crippen molar-refractivity contribution in [3.05, 3.63) is 64.7 Å². The molecule has 0 saturated heterocycles. The van der Waals surface area contributed by atoms with Crippen LogP contribution < -0.4 is 0 Å². The van der Waals surface area contributed by atoms with Gasteiger partial charge in [0.2, 0.25) is 5.89 Å². The lowest BCUT2D eigenvalue weighted by Crippen LogP contribution is -2.30. The molecule has 4 aromatic rings. The molecule has 4 nitrogen and oxygen atoms in total. The Hall–Kier alpha value is -2.59. The summed E-state index contributed by atoms with van der Waals surface area (Å²) in [5.41, 5.74) is 6.47. The molecule has 0 N–H and O–H groups in total. The van der Waals surface area contributed by atoms with Crippen molar-refractivity contribution in [3.8, 4) is 0 Å². The topological polar surface area (TPSA) is 42.4 Å². The van der Waals surface area contributed by atoms with Gasteiger partial charge in [0.25, 0.3) is 0 Å². The molecule has 3 heterocycles. The maximum Gasteiger partial charge on any atom is 0.213 e. The molecule has 0 spiro atoms. The third kappa shape index (κ3) is 2.29. The number of benzene rings is 2. The highest BCUT2D eigenvalue weighted by atomic mass is 16.4. The van der Waals surface area contributed by atoms with E-state index >= 15 is 0 Å². The minimum Gasteiger partial charge on any atom is -0.459 e. The van der Waals surface area contributed by atoms with Crippen LogP contribution in [0.2, 0.25) is 0 Å². The number of hydrogen-bond donors (Lipinski definition) is 0. The van der Waals surface area contributed by atoms with Crippen LogP contribution >= 0.6 is 0 Å². The normalized spacial score (nSPS) is 18.1. The number of furan rings is 1. The van der Waals surface area contributed by atoms with Crippen LogP contribution in [0, 0.1) is 13.8 Å². The van der Waals surface area contributed by atoms with Crippen LogP contribution in [-0.4, -0.2) is 16.9 Å². The summed E-state index contributed by atoms with van der Waals surface area (Å²) in [5.74, 6) is 1.85. The monoisotopic (exact) mass is 332 g/mol. The summed E-state index contributed by atoms with van der Waals surface area (Å²) in [6, 6.07) is 12.7. The fraction of sp³-hybridized carbons (Fsp3) is 0.286. The van der Waals surface area contributed by atoms with Crippen molar-refractivity contribution in [2.24, 2.45) is 0 Å². The Balaban J connectivity index is 1.60. The first-order chi connectivity index (χ1) is 12.1. The molecule has 0 saturated carbocycles. The lowest BCUT2D eigenvalue weighted by molar-refractivity contribution is 0.173. The second kappa shape index (κ2) is 5.20. The van der Waals surface area contributed by atoms with E-state index in [0.29, 0.717) is 0 Å². The van der Waals surface area contributed by atoms with Gasteiger partial charge < -0.3 is 8.83 Å². The molecule has 0 fully saturated rings. The summed E-state index contributed by atoms with van der Waals surface area (Å²) in [6.07, 6.45) is 0.855. The Morgan fingerprint density at radius 3 is 2.68 bits per heavy atom. The Bertz CT molecular complexity index is 1110. The van der Waals surface area contributed by atoms with Gasteiger partial charge in [-0.3, -0.25) is 4.90 Å². The minimum absolute atomic E-state index is 0.127. The van der Waals surface area contributed by atoms with Crippen LogP contribution in [-0.2, 0) is 13.0 Å². The predicted molar refractivity (Wildman–Crippen MR) is 97.6 cm³/mol. The van der Waals surface area contributed by atoms with Crippen molar-refractivity contribution >= 4 is 22.1 Å². The summed E-state index contributed by atoms with van der Waals surface area (Å²) >= 11 is 0. The van der Waals surface area contributed by atoms with Gasteiger partial charge in [-0.2, -0.15) is 0 Å². The Labute approximate surface area is 146 Å². The molecule has 1 aliphatic rings. The zero-order chi connectivity index (χ0) is 17.1. The summed E-state index contributed by atoms with van der Waals surface area (Å²) < 4.78 is 12.2. The smallest absolute Gasteiger partial charge is 0.213 e. The maximum atomic E-state index is 6.11. The van der Waals surface area contributed by atoms with Crippen LogP contribution in [0.3, 0.4) is 0 Å². The highest BCUT2D eigenvalue weighted by molar-refractivity contribution is 5.83. The fourth-order valence-corrected chi connectivity index (χ4v) is 3.82. The number of aryl methyl sites for hydroxylation is 2. The molecule has 2 aromatic heterocycles. The molecule has 126 valence electrons. The second-order valence-corrected chi connectivity index (χ2v) is 7.16. The van der Waals surface area contributed by atoms with Gasteiger partial charge in [-0.25, -0.2) is 4.98 Å². The Morgan fingerprint density at radius 1 is 1.00 bits per heavy atom. The lowest BCUT2D eigenvalue weighted by Gasteiger charge is -2.29. The number of rotatable bonds is 1. The van der Waals surface area contributed by atoms with Gasteiger partial charge in [-0.1, -0.05) is 18.2 Å². The number of fused-ring (bicyclic) bond motifs is 4. The second-order valence-electron chi connectivity index (χ2n) is 7.16. The van der Waals surface area contributed by atoms with Gasteiger partial charge >= 0.3 is 0 Å². The standard InChI is InChI=1S/C21H20N2O2/c1-12-5-7-18-16(8-12)22-21(25-18)17-10-15-14-6-4-13(2)9-19(14)24-20(15)11-23(17)3/h4-9,17H,10-11H2,1-3H3. The maximum absolute atomic E-state index is 6.11. The SMILES string of the molecule is Cc1ccc2oc(C3Cc4c(oc5cc(C)ccc45)CN3C)nc2c1. The van der Waals surface area contributed by atoms with Gasteiger partial charge in [0.15, 0.2) is 5.58 Å². The van der Waals surface area contributed by atoms with Crippen molar-refractivity contribution in [1.82, 2.24) is 9.88 Å². The van der Waals surface area contributed by atoms with Crippen molar-refractivity contribution in [2.45, 2.75) is 32.9 Å². The third-order valence-electron chi connectivity index (χ3n) is 5.20. The van der Waals surface area contributed by atoms with E-state index in [0.717, 1.165) is 41.3 Å². The van der Waals surface area contributed by atoms with Crippen LogP contribution in [0.4, 0.5) is 0 Å². The number of oxazole rings is 1. The molecule has 1 unspecified atom stereocenters. The largest absolute Gasteiger partial charge is 0.459 e. The molecule has 5 rings (SSSR count). The number of likely N-dealkylation sites (N-methyl/N-ethyl adjacent to an activating group) is 1. The molecular weight excluding hydrogens is 312 g/mol. The van der Waals surface area contributed by atoms with Gasteiger partial charge in [0.05, 0.1) is 12.6 Å². The van der Waals surface area contributed by atoms with Crippen molar-refractivity contribution in [1.29, 1.82) is 0 Å². The summed E-state index contributed by atoms with van der Waals surface area (Å²) in [6.45, 7) is 4.94. The molecule has 1 aliphatic heterocycles. The van der Waals surface area contributed by atoms with Crippen LogP contribution in [0.5, 0.6) is 0 Å². The minimum atomic E-state index is 0.127. The van der Waals surface area contributed by atoms with Crippen LogP contribution in [0.15, 0.2) is 45.2 Å².